The van der Waals surface area contributed by atoms with Crippen LogP contribution in [0.4, 0.5) is 5.00 Å². The number of thiophene rings is 1. The van der Waals surface area contributed by atoms with E-state index >= 15 is 0 Å². The first-order chi connectivity index (χ1) is 13.1. The summed E-state index contributed by atoms with van der Waals surface area (Å²) in [6, 6.07) is 0.233. The highest BCUT2D eigenvalue weighted by Crippen LogP contribution is 2.44. The van der Waals surface area contributed by atoms with Crippen molar-refractivity contribution in [2.45, 2.75) is 58.9 Å². The molecule has 3 rings (SSSR count). The van der Waals surface area contributed by atoms with Gasteiger partial charge in [0.25, 0.3) is 11.8 Å². The molecule has 0 aliphatic heterocycles. The first-order valence-electron chi connectivity index (χ1n) is 9.70. The SMILES string of the molecule is CC(C)(C)C1CCc2c(sc(NC(=O)COCC(=O)O)c2C(=O)NC2CC2)C1. The molecule has 1 unspecified atom stereocenters. The third-order valence-corrected chi connectivity index (χ3v) is 6.51. The number of hydrogen-bond acceptors (Lipinski definition) is 5. The number of aliphatic carboxylic acids is 1. The zero-order valence-corrected chi connectivity index (χ0v) is 17.4. The summed E-state index contributed by atoms with van der Waals surface area (Å²) in [6.07, 6.45) is 4.74. The van der Waals surface area contributed by atoms with E-state index in [0.717, 1.165) is 42.5 Å². The van der Waals surface area contributed by atoms with Crippen molar-refractivity contribution in [2.75, 3.05) is 18.5 Å². The molecule has 154 valence electrons. The Bertz CT molecular complexity index is 776. The zero-order valence-electron chi connectivity index (χ0n) is 16.6. The summed E-state index contributed by atoms with van der Waals surface area (Å²) in [5, 5.41) is 15.0. The fourth-order valence-electron chi connectivity index (χ4n) is 3.53. The lowest BCUT2D eigenvalue weighted by molar-refractivity contribution is -0.143. The molecule has 0 radical (unpaired) electrons. The molecule has 1 fully saturated rings. The van der Waals surface area contributed by atoms with E-state index in [1.54, 1.807) is 0 Å². The topological polar surface area (TPSA) is 105 Å². The average Bonchev–Trinajstić information content (AvgIpc) is 3.31. The monoisotopic (exact) mass is 408 g/mol. The highest BCUT2D eigenvalue weighted by Gasteiger charge is 2.35. The summed E-state index contributed by atoms with van der Waals surface area (Å²) < 4.78 is 4.86. The quantitative estimate of drug-likeness (QED) is 0.643. The van der Waals surface area contributed by atoms with Gasteiger partial charge in [-0.2, -0.15) is 0 Å². The maximum Gasteiger partial charge on any atom is 0.329 e. The lowest BCUT2D eigenvalue weighted by atomic mass is 9.72. The number of fused-ring (bicyclic) bond motifs is 1. The molecular weight excluding hydrogens is 380 g/mol. The fraction of sp³-hybridized carbons (Fsp3) is 0.650. The Balaban J connectivity index is 1.79. The fourth-order valence-corrected chi connectivity index (χ4v) is 4.87. The van der Waals surface area contributed by atoms with E-state index in [1.165, 1.54) is 11.3 Å². The summed E-state index contributed by atoms with van der Waals surface area (Å²) in [5.41, 5.74) is 1.81. The summed E-state index contributed by atoms with van der Waals surface area (Å²) in [5.74, 6) is -1.18. The normalized spacial score (nSPS) is 19.0. The minimum absolute atomic E-state index is 0.129. The Morgan fingerprint density at radius 1 is 1.18 bits per heavy atom. The predicted octanol–water partition coefficient (Wildman–Crippen LogP) is 2.83. The number of carbonyl (C=O) groups is 3. The number of nitrogens with one attached hydrogen (secondary N) is 2. The van der Waals surface area contributed by atoms with Crippen LogP contribution >= 0.6 is 11.3 Å². The molecule has 0 spiro atoms. The number of carbonyl (C=O) groups excluding carboxylic acids is 2. The lowest BCUT2D eigenvalue weighted by Crippen LogP contribution is -2.30. The van der Waals surface area contributed by atoms with Crippen LogP contribution in [0.3, 0.4) is 0 Å². The minimum Gasteiger partial charge on any atom is -0.480 e. The first kappa shape index (κ1) is 20.8. The van der Waals surface area contributed by atoms with Crippen molar-refractivity contribution in [1.82, 2.24) is 5.32 Å². The van der Waals surface area contributed by atoms with Crippen LogP contribution in [0.15, 0.2) is 0 Å². The second-order valence-electron chi connectivity index (χ2n) is 8.70. The first-order valence-corrected chi connectivity index (χ1v) is 10.5. The molecule has 3 N–H and O–H groups in total. The molecule has 2 amide bonds. The number of carboxylic acid groups (broad SMARTS) is 1. The van der Waals surface area contributed by atoms with E-state index in [0.29, 0.717) is 16.5 Å². The number of amides is 2. The molecule has 1 saturated carbocycles. The zero-order chi connectivity index (χ0) is 20.5. The highest BCUT2D eigenvalue weighted by molar-refractivity contribution is 7.17. The van der Waals surface area contributed by atoms with Crippen molar-refractivity contribution in [2.24, 2.45) is 11.3 Å². The van der Waals surface area contributed by atoms with Gasteiger partial charge < -0.3 is 20.5 Å². The summed E-state index contributed by atoms with van der Waals surface area (Å²) in [4.78, 5) is 36.7. The molecule has 2 aliphatic rings. The van der Waals surface area contributed by atoms with Crippen molar-refractivity contribution in [1.29, 1.82) is 0 Å². The third kappa shape index (κ3) is 5.11. The Hall–Kier alpha value is -1.93. The second kappa shape index (κ2) is 8.21. The van der Waals surface area contributed by atoms with Gasteiger partial charge in [0.2, 0.25) is 0 Å². The van der Waals surface area contributed by atoms with E-state index in [2.05, 4.69) is 31.4 Å². The van der Waals surface area contributed by atoms with Crippen LogP contribution in [0.25, 0.3) is 0 Å². The molecule has 1 aromatic heterocycles. The van der Waals surface area contributed by atoms with Gasteiger partial charge in [0.15, 0.2) is 0 Å². The molecule has 0 bridgehead atoms. The molecule has 0 saturated heterocycles. The van der Waals surface area contributed by atoms with Gasteiger partial charge in [0.05, 0.1) is 5.56 Å². The number of ether oxygens (including phenoxy) is 1. The molecule has 1 heterocycles. The second-order valence-corrected chi connectivity index (χ2v) is 9.80. The van der Waals surface area contributed by atoms with E-state index in [-0.39, 0.29) is 24.0 Å². The van der Waals surface area contributed by atoms with Gasteiger partial charge in [0, 0.05) is 10.9 Å². The van der Waals surface area contributed by atoms with Crippen LogP contribution in [0, 0.1) is 11.3 Å². The van der Waals surface area contributed by atoms with Crippen molar-refractivity contribution in [3.8, 4) is 0 Å². The average molecular weight is 409 g/mol. The van der Waals surface area contributed by atoms with Gasteiger partial charge in [-0.3, -0.25) is 9.59 Å². The number of hydrogen-bond donors (Lipinski definition) is 3. The molecule has 8 heteroatoms. The van der Waals surface area contributed by atoms with E-state index in [1.807, 2.05) is 0 Å². The maximum atomic E-state index is 12.8. The number of rotatable bonds is 7. The van der Waals surface area contributed by atoms with Gasteiger partial charge in [-0.1, -0.05) is 20.8 Å². The van der Waals surface area contributed by atoms with E-state index in [4.69, 9.17) is 9.84 Å². The Kier molecular flexibility index (Phi) is 6.09. The van der Waals surface area contributed by atoms with Crippen molar-refractivity contribution < 1.29 is 24.2 Å². The van der Waals surface area contributed by atoms with Crippen LogP contribution in [0.1, 0.15) is 60.8 Å². The van der Waals surface area contributed by atoms with Crippen molar-refractivity contribution >= 4 is 34.1 Å². The standard InChI is InChI=1S/C20H28N2O5S/c1-20(2,3)11-4-7-13-14(8-11)28-19(17(13)18(26)21-12-5-6-12)22-15(23)9-27-10-16(24)25/h11-12H,4-10H2,1-3H3,(H,21,26)(H,22,23)(H,24,25). The molecule has 0 aromatic carbocycles. The predicted molar refractivity (Wildman–Crippen MR) is 107 cm³/mol. The van der Waals surface area contributed by atoms with E-state index in [9.17, 15) is 14.4 Å². The van der Waals surface area contributed by atoms with E-state index < -0.39 is 18.5 Å². The number of anilines is 1. The van der Waals surface area contributed by atoms with Gasteiger partial charge in [-0.15, -0.1) is 11.3 Å². The molecular formula is C20H28N2O5S. The van der Waals surface area contributed by atoms with Crippen molar-refractivity contribution in [3.63, 3.8) is 0 Å². The smallest absolute Gasteiger partial charge is 0.329 e. The molecule has 28 heavy (non-hydrogen) atoms. The molecule has 1 aromatic rings. The largest absolute Gasteiger partial charge is 0.480 e. The highest BCUT2D eigenvalue weighted by atomic mass is 32.1. The Labute approximate surface area is 168 Å². The van der Waals surface area contributed by atoms with Gasteiger partial charge in [-0.05, 0) is 49.0 Å². The van der Waals surface area contributed by atoms with Crippen LogP contribution < -0.4 is 10.6 Å². The lowest BCUT2D eigenvalue weighted by Gasteiger charge is -2.33. The van der Waals surface area contributed by atoms with Crippen LogP contribution in [0.2, 0.25) is 0 Å². The van der Waals surface area contributed by atoms with Crippen LogP contribution in [0.5, 0.6) is 0 Å². The summed E-state index contributed by atoms with van der Waals surface area (Å²) in [6.45, 7) is 5.82. The van der Waals surface area contributed by atoms with Gasteiger partial charge >= 0.3 is 5.97 Å². The Morgan fingerprint density at radius 3 is 2.50 bits per heavy atom. The maximum absolute atomic E-state index is 12.8. The number of carboxylic acids is 1. The third-order valence-electron chi connectivity index (χ3n) is 5.34. The minimum atomic E-state index is -1.13. The van der Waals surface area contributed by atoms with Crippen molar-refractivity contribution in [3.05, 3.63) is 16.0 Å². The van der Waals surface area contributed by atoms with Gasteiger partial charge in [0.1, 0.15) is 18.2 Å². The molecule has 2 aliphatic carbocycles. The molecule has 7 nitrogen and oxygen atoms in total. The van der Waals surface area contributed by atoms with Crippen LogP contribution in [-0.2, 0) is 27.2 Å². The summed E-state index contributed by atoms with van der Waals surface area (Å²) >= 11 is 1.46. The van der Waals surface area contributed by atoms with Gasteiger partial charge in [-0.25, -0.2) is 4.79 Å². The molecule has 1 atom stereocenters. The van der Waals surface area contributed by atoms with Crippen LogP contribution in [-0.4, -0.2) is 42.1 Å². The summed E-state index contributed by atoms with van der Waals surface area (Å²) in [7, 11) is 0. The Morgan fingerprint density at radius 2 is 1.89 bits per heavy atom.